The smallest absolute Gasteiger partial charge is 0.145 e. The van der Waals surface area contributed by atoms with Gasteiger partial charge in [-0.05, 0) is 50.0 Å². The minimum absolute atomic E-state index is 0.747. The van der Waals surface area contributed by atoms with Crippen LogP contribution in [-0.4, -0.2) is 29.0 Å². The average molecular weight is 267 g/mol. The van der Waals surface area contributed by atoms with Crippen LogP contribution in [0.5, 0.6) is 11.5 Å². The first-order valence-corrected chi connectivity index (χ1v) is 6.55. The van der Waals surface area contributed by atoms with Gasteiger partial charge in [-0.15, -0.1) is 0 Å². The van der Waals surface area contributed by atoms with E-state index in [1.807, 2.05) is 24.3 Å². The van der Waals surface area contributed by atoms with Crippen molar-refractivity contribution in [3.05, 3.63) is 54.5 Å². The van der Waals surface area contributed by atoms with Crippen LogP contribution in [0.25, 0.3) is 10.9 Å². The van der Waals surface area contributed by atoms with Gasteiger partial charge in [0.1, 0.15) is 11.5 Å². The lowest BCUT2D eigenvalue weighted by molar-refractivity contribution is 0.404. The van der Waals surface area contributed by atoms with Crippen molar-refractivity contribution < 1.29 is 4.74 Å². The molecule has 0 fully saturated rings. The third kappa shape index (κ3) is 2.65. The van der Waals surface area contributed by atoms with Gasteiger partial charge >= 0.3 is 0 Å². The molecule has 0 aliphatic carbocycles. The number of ether oxygens (including phenoxy) is 1. The number of hydrogen-bond donors (Lipinski definition) is 1. The van der Waals surface area contributed by atoms with E-state index in [1.54, 1.807) is 12.4 Å². The Balaban J connectivity index is 1.93. The van der Waals surface area contributed by atoms with Crippen molar-refractivity contribution in [2.75, 3.05) is 14.1 Å². The SMILES string of the molecule is CN(C)Cc1c[nH]c2ccc(Oc3cccnc3)cc12. The molecule has 0 aliphatic rings. The molecule has 4 nitrogen and oxygen atoms in total. The molecule has 0 spiro atoms. The summed E-state index contributed by atoms with van der Waals surface area (Å²) >= 11 is 0. The van der Waals surface area contributed by atoms with E-state index in [2.05, 4.69) is 41.2 Å². The average Bonchev–Trinajstić information content (AvgIpc) is 2.82. The Morgan fingerprint density at radius 1 is 1.20 bits per heavy atom. The number of H-pyrrole nitrogens is 1. The number of pyridine rings is 1. The van der Waals surface area contributed by atoms with E-state index in [0.717, 1.165) is 23.6 Å². The third-order valence-electron chi connectivity index (χ3n) is 3.10. The number of fused-ring (bicyclic) bond motifs is 1. The highest BCUT2D eigenvalue weighted by molar-refractivity contribution is 5.84. The molecule has 0 unspecified atom stereocenters. The van der Waals surface area contributed by atoms with Crippen molar-refractivity contribution in [3.8, 4) is 11.5 Å². The highest BCUT2D eigenvalue weighted by Crippen LogP contribution is 2.27. The molecule has 2 aromatic heterocycles. The van der Waals surface area contributed by atoms with E-state index in [-0.39, 0.29) is 0 Å². The predicted molar refractivity (Wildman–Crippen MR) is 80.0 cm³/mol. The maximum absolute atomic E-state index is 5.83. The van der Waals surface area contributed by atoms with Crippen molar-refractivity contribution >= 4 is 10.9 Å². The summed E-state index contributed by atoms with van der Waals surface area (Å²) in [6.07, 6.45) is 5.50. The van der Waals surface area contributed by atoms with Crippen LogP contribution in [0.1, 0.15) is 5.56 Å². The molecular weight excluding hydrogens is 250 g/mol. The zero-order chi connectivity index (χ0) is 13.9. The summed E-state index contributed by atoms with van der Waals surface area (Å²) in [6.45, 7) is 0.899. The van der Waals surface area contributed by atoms with Gasteiger partial charge in [0.05, 0.1) is 6.20 Å². The topological polar surface area (TPSA) is 41.2 Å². The van der Waals surface area contributed by atoms with Gasteiger partial charge in [0.25, 0.3) is 0 Å². The van der Waals surface area contributed by atoms with Crippen molar-refractivity contribution in [1.82, 2.24) is 14.9 Å². The summed E-state index contributed by atoms with van der Waals surface area (Å²) in [5.74, 6) is 1.57. The van der Waals surface area contributed by atoms with E-state index < -0.39 is 0 Å². The molecule has 1 aromatic carbocycles. The van der Waals surface area contributed by atoms with Crippen molar-refractivity contribution in [2.24, 2.45) is 0 Å². The molecule has 1 N–H and O–H groups in total. The Morgan fingerprint density at radius 2 is 2.10 bits per heavy atom. The highest BCUT2D eigenvalue weighted by atomic mass is 16.5. The van der Waals surface area contributed by atoms with Crippen LogP contribution in [-0.2, 0) is 6.54 Å². The second-order valence-electron chi connectivity index (χ2n) is 5.05. The zero-order valence-electron chi connectivity index (χ0n) is 11.6. The standard InChI is InChI=1S/C16H17N3O/c1-19(2)11-12-9-18-16-6-5-13(8-15(12)16)20-14-4-3-7-17-10-14/h3-10,18H,11H2,1-2H3. The molecule has 2 heterocycles. The molecule has 20 heavy (non-hydrogen) atoms. The first-order chi connectivity index (χ1) is 9.72. The quantitative estimate of drug-likeness (QED) is 0.787. The predicted octanol–water partition coefficient (Wildman–Crippen LogP) is 3.42. The minimum atomic E-state index is 0.747. The fourth-order valence-electron chi connectivity index (χ4n) is 2.24. The first-order valence-electron chi connectivity index (χ1n) is 6.55. The number of benzene rings is 1. The van der Waals surface area contributed by atoms with Crippen molar-refractivity contribution in [1.29, 1.82) is 0 Å². The Morgan fingerprint density at radius 3 is 2.85 bits per heavy atom. The molecule has 3 rings (SSSR count). The maximum Gasteiger partial charge on any atom is 0.145 e. The number of hydrogen-bond acceptors (Lipinski definition) is 3. The van der Waals surface area contributed by atoms with E-state index in [4.69, 9.17) is 4.74 Å². The molecule has 0 saturated carbocycles. The normalized spacial score (nSPS) is 11.2. The van der Waals surface area contributed by atoms with Gasteiger partial charge in [0.2, 0.25) is 0 Å². The van der Waals surface area contributed by atoms with E-state index >= 15 is 0 Å². The molecule has 0 saturated heterocycles. The van der Waals surface area contributed by atoms with Crippen molar-refractivity contribution in [3.63, 3.8) is 0 Å². The molecule has 0 amide bonds. The van der Waals surface area contributed by atoms with Crippen LogP contribution in [0.15, 0.2) is 48.9 Å². The first kappa shape index (κ1) is 12.7. The van der Waals surface area contributed by atoms with Gasteiger partial charge in [-0.1, -0.05) is 0 Å². The second-order valence-corrected chi connectivity index (χ2v) is 5.05. The molecule has 3 aromatic rings. The summed E-state index contributed by atoms with van der Waals surface area (Å²) in [5, 5.41) is 1.19. The molecule has 0 atom stereocenters. The van der Waals surface area contributed by atoms with Gasteiger partial charge in [0, 0.05) is 29.8 Å². The highest BCUT2D eigenvalue weighted by Gasteiger charge is 2.06. The van der Waals surface area contributed by atoms with Crippen molar-refractivity contribution in [2.45, 2.75) is 6.54 Å². The summed E-state index contributed by atoms with van der Waals surface area (Å²) in [7, 11) is 4.13. The second kappa shape index (κ2) is 5.35. The van der Waals surface area contributed by atoms with Crippen LogP contribution >= 0.6 is 0 Å². The van der Waals surface area contributed by atoms with Crippen LogP contribution in [0.3, 0.4) is 0 Å². The molecule has 0 bridgehead atoms. The van der Waals surface area contributed by atoms with Crippen LogP contribution in [0.2, 0.25) is 0 Å². The van der Waals surface area contributed by atoms with E-state index in [1.165, 1.54) is 10.9 Å². The number of rotatable bonds is 4. The zero-order valence-corrected chi connectivity index (χ0v) is 11.6. The van der Waals surface area contributed by atoms with Gasteiger partial charge < -0.3 is 14.6 Å². The van der Waals surface area contributed by atoms with Crippen LogP contribution < -0.4 is 4.74 Å². The maximum atomic E-state index is 5.83. The van der Waals surface area contributed by atoms with Gasteiger partial charge in [-0.3, -0.25) is 4.98 Å². The van der Waals surface area contributed by atoms with Crippen LogP contribution in [0.4, 0.5) is 0 Å². The molecule has 0 aliphatic heterocycles. The number of nitrogens with zero attached hydrogens (tertiary/aromatic N) is 2. The molecular formula is C16H17N3O. The fraction of sp³-hybridized carbons (Fsp3) is 0.188. The number of nitrogens with one attached hydrogen (secondary N) is 1. The lowest BCUT2D eigenvalue weighted by Gasteiger charge is -2.09. The van der Waals surface area contributed by atoms with Crippen LogP contribution in [0, 0.1) is 0 Å². The number of aromatic amines is 1. The summed E-state index contributed by atoms with van der Waals surface area (Å²) in [6, 6.07) is 9.83. The Bertz CT molecular complexity index is 704. The van der Waals surface area contributed by atoms with Gasteiger partial charge in [-0.2, -0.15) is 0 Å². The van der Waals surface area contributed by atoms with E-state index in [9.17, 15) is 0 Å². The Kier molecular flexibility index (Phi) is 3.39. The summed E-state index contributed by atoms with van der Waals surface area (Å²) in [5.41, 5.74) is 2.39. The Labute approximate surface area is 118 Å². The molecule has 4 heteroatoms. The Hall–Kier alpha value is -2.33. The van der Waals surface area contributed by atoms with E-state index in [0.29, 0.717) is 0 Å². The summed E-state index contributed by atoms with van der Waals surface area (Å²) < 4.78 is 5.83. The lowest BCUT2D eigenvalue weighted by atomic mass is 10.1. The monoisotopic (exact) mass is 267 g/mol. The molecule has 0 radical (unpaired) electrons. The number of aromatic nitrogens is 2. The summed E-state index contributed by atoms with van der Waals surface area (Å²) in [4.78, 5) is 9.49. The fourth-order valence-corrected chi connectivity index (χ4v) is 2.24. The van der Waals surface area contributed by atoms with Gasteiger partial charge in [-0.25, -0.2) is 0 Å². The minimum Gasteiger partial charge on any atom is -0.456 e. The largest absolute Gasteiger partial charge is 0.456 e. The van der Waals surface area contributed by atoms with Gasteiger partial charge in [0.15, 0.2) is 0 Å². The molecule has 102 valence electrons. The lowest BCUT2D eigenvalue weighted by Crippen LogP contribution is -2.10. The third-order valence-corrected chi connectivity index (χ3v) is 3.10.